The van der Waals surface area contributed by atoms with Crippen LogP contribution in [-0.2, 0) is 9.59 Å². The number of carbonyl (C=O) groups excluding carboxylic acids is 2. The van der Waals surface area contributed by atoms with Crippen LogP contribution in [0.25, 0.3) is 22.0 Å². The lowest BCUT2D eigenvalue weighted by Gasteiger charge is -2.16. The maximum Gasteiger partial charge on any atom is 0.240 e. The molecule has 1 fully saturated rings. The number of amides is 2. The molecule has 0 saturated heterocycles. The van der Waals surface area contributed by atoms with E-state index >= 15 is 0 Å². The molecule has 0 atom stereocenters. The van der Waals surface area contributed by atoms with Crippen molar-refractivity contribution in [3.63, 3.8) is 0 Å². The van der Waals surface area contributed by atoms with Crippen LogP contribution in [0.15, 0.2) is 83.5 Å². The normalized spacial score (nSPS) is 13.6. The second-order valence-electron chi connectivity index (χ2n) is 9.86. The second kappa shape index (κ2) is 9.92. The summed E-state index contributed by atoms with van der Waals surface area (Å²) in [6.07, 6.45) is 2.58. The molecule has 1 aliphatic rings. The van der Waals surface area contributed by atoms with E-state index in [1.54, 1.807) is 36.5 Å². The lowest BCUT2D eigenvalue weighted by atomic mass is 10.0. The Bertz CT molecular complexity index is 1720. The molecule has 0 spiro atoms. The van der Waals surface area contributed by atoms with Crippen molar-refractivity contribution in [2.45, 2.75) is 26.7 Å². The molecule has 2 aromatic heterocycles. The first kappa shape index (κ1) is 25.2. The van der Waals surface area contributed by atoms with Crippen LogP contribution in [0.4, 0.5) is 15.8 Å². The summed E-state index contributed by atoms with van der Waals surface area (Å²) in [5, 5.41) is 10.4. The molecule has 40 heavy (non-hydrogen) atoms. The summed E-state index contributed by atoms with van der Waals surface area (Å²) in [5.74, 6) is 0.784. The molecule has 5 aromatic rings. The predicted molar refractivity (Wildman–Crippen MR) is 149 cm³/mol. The summed E-state index contributed by atoms with van der Waals surface area (Å²) >= 11 is 0. The van der Waals surface area contributed by atoms with Crippen molar-refractivity contribution < 1.29 is 23.2 Å². The van der Waals surface area contributed by atoms with Gasteiger partial charge in [-0.25, -0.2) is 4.39 Å². The number of carbonyl (C=O) groups is 2. The number of pyridine rings is 1. The van der Waals surface area contributed by atoms with Crippen LogP contribution in [0.3, 0.4) is 0 Å². The molecule has 2 N–H and O–H groups in total. The molecule has 0 unspecified atom stereocenters. The van der Waals surface area contributed by atoms with Crippen molar-refractivity contribution in [1.29, 1.82) is 0 Å². The monoisotopic (exact) mass is 536 g/mol. The fraction of sp³-hybridized carbons (Fsp3) is 0.161. The number of hydrogen-bond acceptors (Lipinski definition) is 6. The lowest BCUT2D eigenvalue weighted by Crippen LogP contribution is -2.35. The van der Waals surface area contributed by atoms with Crippen LogP contribution in [0, 0.1) is 25.1 Å². The van der Waals surface area contributed by atoms with Crippen LogP contribution >= 0.6 is 0 Å². The Labute approximate surface area is 229 Å². The van der Waals surface area contributed by atoms with Gasteiger partial charge in [-0.1, -0.05) is 11.2 Å². The van der Waals surface area contributed by atoms with Crippen LogP contribution in [0.5, 0.6) is 11.5 Å². The zero-order chi connectivity index (χ0) is 27.9. The number of aryl methyl sites for hydroxylation is 2. The summed E-state index contributed by atoms with van der Waals surface area (Å²) in [4.78, 5) is 30.3. The molecule has 6 rings (SSSR count). The molecule has 0 aliphatic heterocycles. The number of anilines is 2. The Balaban J connectivity index is 1.14. The van der Waals surface area contributed by atoms with Crippen LogP contribution in [0.2, 0.25) is 0 Å². The molecular weight excluding hydrogens is 511 g/mol. The van der Waals surface area contributed by atoms with Gasteiger partial charge in [-0.15, -0.1) is 0 Å². The first-order valence-corrected chi connectivity index (χ1v) is 12.8. The molecule has 200 valence electrons. The van der Waals surface area contributed by atoms with E-state index < -0.39 is 17.1 Å². The third-order valence-electron chi connectivity index (χ3n) is 7.09. The topological polar surface area (TPSA) is 106 Å². The summed E-state index contributed by atoms with van der Waals surface area (Å²) in [7, 11) is 0. The highest BCUT2D eigenvalue weighted by atomic mass is 19.1. The van der Waals surface area contributed by atoms with Crippen molar-refractivity contribution in [3.8, 4) is 22.6 Å². The van der Waals surface area contributed by atoms with Gasteiger partial charge < -0.3 is 19.9 Å². The molecule has 2 amide bonds. The molecule has 9 heteroatoms. The Hall–Kier alpha value is -5.05. The fourth-order valence-corrected chi connectivity index (χ4v) is 4.71. The molecule has 0 bridgehead atoms. The Morgan fingerprint density at radius 3 is 2.15 bits per heavy atom. The minimum absolute atomic E-state index is 0.380. The molecule has 0 radical (unpaired) electrons. The summed E-state index contributed by atoms with van der Waals surface area (Å²) in [5.41, 5.74) is 3.35. The zero-order valence-corrected chi connectivity index (χ0v) is 21.8. The van der Waals surface area contributed by atoms with Gasteiger partial charge in [0.2, 0.25) is 11.8 Å². The minimum Gasteiger partial charge on any atom is -0.457 e. The molecule has 1 saturated carbocycles. The van der Waals surface area contributed by atoms with Crippen molar-refractivity contribution in [2.24, 2.45) is 5.41 Å². The van der Waals surface area contributed by atoms with Crippen molar-refractivity contribution in [2.75, 3.05) is 10.6 Å². The maximum atomic E-state index is 13.2. The number of fused-ring (bicyclic) bond motifs is 1. The Morgan fingerprint density at radius 2 is 1.55 bits per heavy atom. The number of nitrogens with one attached hydrogen (secondary N) is 2. The van der Waals surface area contributed by atoms with E-state index in [2.05, 4.69) is 20.8 Å². The third kappa shape index (κ3) is 4.77. The number of hydrogen-bond donors (Lipinski definition) is 2. The average Bonchev–Trinajstić information content (AvgIpc) is 3.70. The zero-order valence-electron chi connectivity index (χ0n) is 21.8. The average molecular weight is 537 g/mol. The largest absolute Gasteiger partial charge is 0.457 e. The second-order valence-corrected chi connectivity index (χ2v) is 9.86. The highest BCUT2D eigenvalue weighted by Gasteiger charge is 2.56. The van der Waals surface area contributed by atoms with E-state index in [9.17, 15) is 14.0 Å². The molecule has 8 nitrogen and oxygen atoms in total. The van der Waals surface area contributed by atoms with Crippen molar-refractivity contribution >= 4 is 34.1 Å². The quantitative estimate of drug-likeness (QED) is 0.222. The fourth-order valence-electron chi connectivity index (χ4n) is 4.71. The van der Waals surface area contributed by atoms with Gasteiger partial charge in [-0.05, 0) is 99.0 Å². The number of halogens is 1. The van der Waals surface area contributed by atoms with Crippen molar-refractivity contribution in [1.82, 2.24) is 10.1 Å². The first-order chi connectivity index (χ1) is 19.3. The smallest absolute Gasteiger partial charge is 0.240 e. The van der Waals surface area contributed by atoms with Gasteiger partial charge in [-0.3, -0.25) is 14.6 Å². The molecular formula is C31H25FN4O4. The van der Waals surface area contributed by atoms with Gasteiger partial charge in [0.05, 0.1) is 11.2 Å². The molecule has 1 aliphatic carbocycles. The van der Waals surface area contributed by atoms with Gasteiger partial charge in [0.15, 0.2) is 0 Å². The number of aromatic nitrogens is 2. The van der Waals surface area contributed by atoms with E-state index in [-0.39, 0.29) is 5.91 Å². The van der Waals surface area contributed by atoms with Gasteiger partial charge in [-0.2, -0.15) is 0 Å². The number of nitrogens with zero attached hydrogens (tertiary/aromatic N) is 2. The van der Waals surface area contributed by atoms with Gasteiger partial charge in [0.25, 0.3) is 0 Å². The summed E-state index contributed by atoms with van der Waals surface area (Å²) < 4.78 is 24.6. The predicted octanol–water partition coefficient (Wildman–Crippen LogP) is 6.80. The summed E-state index contributed by atoms with van der Waals surface area (Å²) in [6, 6.07) is 20.1. The molecule has 2 heterocycles. The van der Waals surface area contributed by atoms with E-state index in [4.69, 9.17) is 9.26 Å². The van der Waals surface area contributed by atoms with E-state index in [1.807, 2.05) is 32.0 Å². The van der Waals surface area contributed by atoms with Gasteiger partial charge >= 0.3 is 0 Å². The number of benzene rings is 3. The Kier molecular flexibility index (Phi) is 6.26. The van der Waals surface area contributed by atoms with E-state index in [0.717, 1.165) is 33.5 Å². The standard InChI is InChI=1S/C31H25FN4O4/c1-18-28(19(2)40-36-18)20-3-12-25-26(17-20)33-16-13-27(25)39-24-10-8-23(9-11-24)35-30(38)31(14-15-31)29(37)34-22-6-4-21(32)5-7-22/h3-13,16-17H,14-15H2,1-2H3,(H,34,37)(H,35,38). The van der Waals surface area contributed by atoms with Gasteiger partial charge in [0.1, 0.15) is 28.5 Å². The van der Waals surface area contributed by atoms with Crippen LogP contribution < -0.4 is 15.4 Å². The number of ether oxygens (including phenoxy) is 1. The summed E-state index contributed by atoms with van der Waals surface area (Å²) in [6.45, 7) is 3.79. The number of rotatable bonds is 7. The molecule has 3 aromatic carbocycles. The lowest BCUT2D eigenvalue weighted by molar-refractivity contribution is -0.131. The van der Waals surface area contributed by atoms with Crippen LogP contribution in [0.1, 0.15) is 24.3 Å². The highest BCUT2D eigenvalue weighted by Crippen LogP contribution is 2.47. The van der Waals surface area contributed by atoms with E-state index in [0.29, 0.717) is 35.7 Å². The minimum atomic E-state index is -1.14. The van der Waals surface area contributed by atoms with Gasteiger partial charge in [0, 0.05) is 28.5 Å². The van der Waals surface area contributed by atoms with E-state index in [1.165, 1.54) is 24.3 Å². The Morgan fingerprint density at radius 1 is 0.900 bits per heavy atom. The van der Waals surface area contributed by atoms with Crippen LogP contribution in [-0.4, -0.2) is 22.0 Å². The first-order valence-electron chi connectivity index (χ1n) is 12.8. The third-order valence-corrected chi connectivity index (χ3v) is 7.09. The SMILES string of the molecule is Cc1noc(C)c1-c1ccc2c(Oc3ccc(NC(=O)C4(C(=O)Nc5ccc(F)cc5)CC4)cc3)ccnc2c1. The van der Waals surface area contributed by atoms with Crippen molar-refractivity contribution in [3.05, 3.63) is 96.3 Å². The maximum absolute atomic E-state index is 13.2. The highest BCUT2D eigenvalue weighted by molar-refractivity contribution is 6.16.